The average molecular weight is 246 g/mol. The fraction of sp³-hybridized carbons (Fsp3) is 0.462. The van der Waals surface area contributed by atoms with E-state index in [0.29, 0.717) is 17.4 Å². The van der Waals surface area contributed by atoms with Crippen LogP contribution in [0.2, 0.25) is 0 Å². The van der Waals surface area contributed by atoms with Gasteiger partial charge in [-0.3, -0.25) is 0 Å². The lowest BCUT2D eigenvalue weighted by molar-refractivity contribution is 0.253. The van der Waals surface area contributed by atoms with Crippen LogP contribution in [-0.2, 0) is 0 Å². The standard InChI is InChI=1S/C13H18N4O/c1-8-6-5-7-9(15-8)11-16-12(18-17-11)10(14)13(2,3)4/h5-7,10H,14H2,1-4H3/t10-/m0/s1. The minimum absolute atomic E-state index is 0.121. The summed E-state index contributed by atoms with van der Waals surface area (Å²) in [5, 5.41) is 3.93. The molecule has 0 fully saturated rings. The third-order valence-corrected chi connectivity index (χ3v) is 2.76. The van der Waals surface area contributed by atoms with E-state index in [1.165, 1.54) is 0 Å². The molecule has 18 heavy (non-hydrogen) atoms. The summed E-state index contributed by atoms with van der Waals surface area (Å²) in [7, 11) is 0. The van der Waals surface area contributed by atoms with Crippen molar-refractivity contribution in [2.24, 2.45) is 11.1 Å². The van der Waals surface area contributed by atoms with Crippen molar-refractivity contribution in [1.29, 1.82) is 0 Å². The molecule has 0 saturated carbocycles. The number of nitrogens with two attached hydrogens (primary N) is 1. The first-order valence-corrected chi connectivity index (χ1v) is 5.91. The Morgan fingerprint density at radius 2 is 1.94 bits per heavy atom. The van der Waals surface area contributed by atoms with Crippen molar-refractivity contribution in [1.82, 2.24) is 15.1 Å². The zero-order chi connectivity index (χ0) is 13.3. The zero-order valence-corrected chi connectivity index (χ0v) is 11.1. The summed E-state index contributed by atoms with van der Waals surface area (Å²) in [6, 6.07) is 5.40. The van der Waals surface area contributed by atoms with E-state index in [1.54, 1.807) is 0 Å². The molecular formula is C13H18N4O. The first kappa shape index (κ1) is 12.7. The van der Waals surface area contributed by atoms with Gasteiger partial charge in [0.1, 0.15) is 5.69 Å². The number of pyridine rings is 1. The van der Waals surface area contributed by atoms with Crippen LogP contribution in [0, 0.1) is 12.3 Å². The lowest BCUT2D eigenvalue weighted by Crippen LogP contribution is -2.26. The highest BCUT2D eigenvalue weighted by atomic mass is 16.5. The van der Waals surface area contributed by atoms with E-state index in [0.717, 1.165) is 5.69 Å². The number of hydrogen-bond donors (Lipinski definition) is 1. The van der Waals surface area contributed by atoms with E-state index in [9.17, 15) is 0 Å². The predicted octanol–water partition coefficient (Wildman–Crippen LogP) is 2.49. The molecule has 0 bridgehead atoms. The summed E-state index contributed by atoms with van der Waals surface area (Å²) in [5.74, 6) is 0.925. The monoisotopic (exact) mass is 246 g/mol. The van der Waals surface area contributed by atoms with Crippen molar-refractivity contribution in [3.05, 3.63) is 29.8 Å². The minimum atomic E-state index is -0.288. The Kier molecular flexibility index (Phi) is 3.17. The Hall–Kier alpha value is -1.75. The third-order valence-electron chi connectivity index (χ3n) is 2.76. The summed E-state index contributed by atoms with van der Waals surface area (Å²) in [6.45, 7) is 8.02. The van der Waals surface area contributed by atoms with Crippen LogP contribution in [0.1, 0.15) is 38.4 Å². The van der Waals surface area contributed by atoms with Crippen LogP contribution >= 0.6 is 0 Å². The molecule has 2 heterocycles. The lowest BCUT2D eigenvalue weighted by Gasteiger charge is -2.23. The van der Waals surface area contributed by atoms with Gasteiger partial charge in [0.25, 0.3) is 0 Å². The molecule has 0 aromatic carbocycles. The van der Waals surface area contributed by atoms with E-state index in [4.69, 9.17) is 10.3 Å². The van der Waals surface area contributed by atoms with Gasteiger partial charge >= 0.3 is 0 Å². The molecule has 2 aromatic rings. The van der Waals surface area contributed by atoms with Crippen molar-refractivity contribution in [2.75, 3.05) is 0 Å². The molecule has 0 radical (unpaired) electrons. The van der Waals surface area contributed by atoms with Crippen LogP contribution in [0.3, 0.4) is 0 Å². The molecule has 0 spiro atoms. The number of rotatable bonds is 2. The smallest absolute Gasteiger partial charge is 0.244 e. The molecule has 0 aliphatic carbocycles. The molecule has 0 aliphatic heterocycles. The van der Waals surface area contributed by atoms with Crippen molar-refractivity contribution in [3.8, 4) is 11.5 Å². The first-order valence-electron chi connectivity index (χ1n) is 5.91. The molecule has 1 atom stereocenters. The average Bonchev–Trinajstić information content (AvgIpc) is 2.75. The van der Waals surface area contributed by atoms with Crippen LogP contribution in [0.15, 0.2) is 22.7 Å². The summed E-state index contributed by atoms with van der Waals surface area (Å²) >= 11 is 0. The molecule has 5 heteroatoms. The quantitative estimate of drug-likeness (QED) is 0.880. The maximum atomic E-state index is 6.08. The second-order valence-electron chi connectivity index (χ2n) is 5.46. The van der Waals surface area contributed by atoms with Crippen molar-refractivity contribution in [3.63, 3.8) is 0 Å². The zero-order valence-electron chi connectivity index (χ0n) is 11.1. The highest BCUT2D eigenvalue weighted by Gasteiger charge is 2.27. The Labute approximate surface area is 106 Å². The van der Waals surface area contributed by atoms with Crippen LogP contribution in [0.25, 0.3) is 11.5 Å². The van der Waals surface area contributed by atoms with Gasteiger partial charge in [-0.1, -0.05) is 32.0 Å². The molecular weight excluding hydrogens is 228 g/mol. The lowest BCUT2D eigenvalue weighted by atomic mass is 9.87. The van der Waals surface area contributed by atoms with E-state index >= 15 is 0 Å². The molecule has 0 amide bonds. The van der Waals surface area contributed by atoms with Crippen LogP contribution in [0.4, 0.5) is 0 Å². The minimum Gasteiger partial charge on any atom is -0.337 e. The number of aromatic nitrogens is 3. The fourth-order valence-corrected chi connectivity index (χ4v) is 1.50. The van der Waals surface area contributed by atoms with E-state index in [-0.39, 0.29) is 11.5 Å². The van der Waals surface area contributed by atoms with Gasteiger partial charge in [0.05, 0.1) is 6.04 Å². The normalized spacial score (nSPS) is 13.6. The second kappa shape index (κ2) is 4.49. The largest absolute Gasteiger partial charge is 0.337 e. The van der Waals surface area contributed by atoms with Crippen LogP contribution in [-0.4, -0.2) is 15.1 Å². The van der Waals surface area contributed by atoms with E-state index < -0.39 is 0 Å². The topological polar surface area (TPSA) is 77.8 Å². The molecule has 0 unspecified atom stereocenters. The van der Waals surface area contributed by atoms with Gasteiger partial charge in [0, 0.05) is 5.69 Å². The van der Waals surface area contributed by atoms with Crippen molar-refractivity contribution < 1.29 is 4.52 Å². The van der Waals surface area contributed by atoms with Crippen molar-refractivity contribution in [2.45, 2.75) is 33.7 Å². The van der Waals surface area contributed by atoms with Gasteiger partial charge in [-0.2, -0.15) is 4.98 Å². The van der Waals surface area contributed by atoms with Gasteiger partial charge in [-0.05, 0) is 24.5 Å². The van der Waals surface area contributed by atoms with Crippen LogP contribution in [0.5, 0.6) is 0 Å². The molecule has 0 aliphatic rings. The highest BCUT2D eigenvalue weighted by Crippen LogP contribution is 2.30. The number of nitrogens with zero attached hydrogens (tertiary/aromatic N) is 3. The molecule has 96 valence electrons. The number of aryl methyl sites for hydroxylation is 1. The second-order valence-corrected chi connectivity index (χ2v) is 5.46. The molecule has 2 N–H and O–H groups in total. The Balaban J connectivity index is 2.31. The Morgan fingerprint density at radius 1 is 1.22 bits per heavy atom. The Bertz CT molecular complexity index is 542. The third kappa shape index (κ3) is 2.56. The highest BCUT2D eigenvalue weighted by molar-refractivity contribution is 5.48. The maximum absolute atomic E-state index is 6.08. The maximum Gasteiger partial charge on any atom is 0.244 e. The van der Waals surface area contributed by atoms with E-state index in [1.807, 2.05) is 45.9 Å². The van der Waals surface area contributed by atoms with Gasteiger partial charge in [-0.25, -0.2) is 4.98 Å². The predicted molar refractivity (Wildman–Crippen MR) is 68.6 cm³/mol. The summed E-state index contributed by atoms with van der Waals surface area (Å²) < 4.78 is 5.22. The van der Waals surface area contributed by atoms with Gasteiger partial charge < -0.3 is 10.3 Å². The SMILES string of the molecule is Cc1cccc(-c2noc([C@H](N)C(C)(C)C)n2)n1. The molecule has 5 nitrogen and oxygen atoms in total. The van der Waals surface area contributed by atoms with Crippen LogP contribution < -0.4 is 5.73 Å². The van der Waals surface area contributed by atoms with Gasteiger partial charge in [0.2, 0.25) is 11.7 Å². The fourth-order valence-electron chi connectivity index (χ4n) is 1.50. The van der Waals surface area contributed by atoms with Crippen molar-refractivity contribution >= 4 is 0 Å². The van der Waals surface area contributed by atoms with Gasteiger partial charge in [0.15, 0.2) is 0 Å². The Morgan fingerprint density at radius 3 is 2.56 bits per heavy atom. The first-order chi connectivity index (χ1) is 8.38. The van der Waals surface area contributed by atoms with E-state index in [2.05, 4.69) is 15.1 Å². The molecule has 2 rings (SSSR count). The van der Waals surface area contributed by atoms with Gasteiger partial charge in [-0.15, -0.1) is 0 Å². The summed E-state index contributed by atoms with van der Waals surface area (Å²) in [6.07, 6.45) is 0. The number of hydrogen-bond acceptors (Lipinski definition) is 5. The summed E-state index contributed by atoms with van der Waals surface area (Å²) in [4.78, 5) is 8.68. The molecule has 0 saturated heterocycles. The molecule has 2 aromatic heterocycles. The summed E-state index contributed by atoms with van der Waals surface area (Å²) in [5.41, 5.74) is 7.57.